The number of nitrogens with zero attached hydrogens (tertiary/aromatic N) is 3. The largest absolute Gasteiger partial charge is 0.508 e. The number of carbonyl (C=O) groups excluding carboxylic acids is 5. The smallest absolute Gasteiger partial charge is 0.328 e. The minimum absolute atomic E-state index is 0.00475. The number of amides is 3. The molecule has 14 heteroatoms. The van der Waals surface area contributed by atoms with Crippen molar-refractivity contribution in [2.45, 2.75) is 83.6 Å². The van der Waals surface area contributed by atoms with Crippen LogP contribution in [0.1, 0.15) is 50.8 Å². The van der Waals surface area contributed by atoms with Gasteiger partial charge in [-0.2, -0.15) is 0 Å². The van der Waals surface area contributed by atoms with Gasteiger partial charge < -0.3 is 39.5 Å². The highest BCUT2D eigenvalue weighted by Gasteiger charge is 2.40. The van der Waals surface area contributed by atoms with Crippen molar-refractivity contribution < 1.29 is 48.4 Å². The van der Waals surface area contributed by atoms with E-state index in [1.54, 1.807) is 83.3 Å². The zero-order valence-electron chi connectivity index (χ0n) is 35.3. The van der Waals surface area contributed by atoms with E-state index in [9.17, 15) is 34.2 Å². The Morgan fingerprint density at radius 3 is 1.52 bits per heavy atom. The lowest BCUT2D eigenvalue weighted by molar-refractivity contribution is -0.164. The van der Waals surface area contributed by atoms with Crippen molar-refractivity contribution in [3.05, 3.63) is 89.5 Å². The van der Waals surface area contributed by atoms with Crippen LogP contribution in [0.3, 0.4) is 0 Å². The predicted molar refractivity (Wildman–Crippen MR) is 219 cm³/mol. The van der Waals surface area contributed by atoms with Crippen molar-refractivity contribution in [1.82, 2.24) is 20.0 Å². The Hall–Kier alpha value is -5.63. The van der Waals surface area contributed by atoms with E-state index in [0.29, 0.717) is 29.7 Å². The van der Waals surface area contributed by atoms with Crippen LogP contribution in [0, 0.1) is 11.8 Å². The number of methoxy groups -OCH3 is 2. The second-order valence-corrected chi connectivity index (χ2v) is 15.2. The van der Waals surface area contributed by atoms with Crippen molar-refractivity contribution in [3.63, 3.8) is 0 Å². The van der Waals surface area contributed by atoms with Crippen LogP contribution in [-0.2, 0) is 52.7 Å². The number of nitrogens with one attached hydrogen (secondary N) is 1. The Bertz CT molecular complexity index is 1820. The summed E-state index contributed by atoms with van der Waals surface area (Å²) in [4.78, 5) is 74.2. The molecule has 0 saturated heterocycles. The second-order valence-electron chi connectivity index (χ2n) is 15.2. The summed E-state index contributed by atoms with van der Waals surface area (Å²) in [5.74, 6) is -3.22. The van der Waals surface area contributed by atoms with Crippen LogP contribution in [0.25, 0.3) is 0 Å². The van der Waals surface area contributed by atoms with E-state index in [0.717, 1.165) is 5.56 Å². The molecule has 0 aliphatic heterocycles. The van der Waals surface area contributed by atoms with Crippen LogP contribution >= 0.6 is 0 Å². The molecule has 0 aromatic heterocycles. The molecule has 58 heavy (non-hydrogen) atoms. The van der Waals surface area contributed by atoms with Crippen molar-refractivity contribution in [2.24, 2.45) is 11.8 Å². The van der Waals surface area contributed by atoms with E-state index >= 15 is 0 Å². The standard InChI is InChI=1S/C44H60N4O10/c1-11-28(4)39(58-44(55)36(46(5)6)25-31-16-22-34(56-9)23-17-31)40(51)45-38(27(2)3)42(53)47(7)35(24-29-12-18-32(49)19-13-29)41(52)48(8)37(43(54)57-10)26-30-14-20-33(50)21-15-30/h12-23,27-28,35-39,49-50H,11,24-26H2,1-10H3,(H,45,51)/t28-,35+,36+,37-,38+,39-/m0/s1. The Balaban J connectivity index is 1.92. The molecule has 0 fully saturated rings. The summed E-state index contributed by atoms with van der Waals surface area (Å²) < 4.78 is 16.3. The molecule has 0 spiro atoms. The molecular weight excluding hydrogens is 745 g/mol. The Morgan fingerprint density at radius 1 is 0.638 bits per heavy atom. The third-order valence-corrected chi connectivity index (χ3v) is 10.5. The first-order valence-electron chi connectivity index (χ1n) is 19.4. The van der Waals surface area contributed by atoms with E-state index in [4.69, 9.17) is 14.2 Å². The van der Waals surface area contributed by atoms with Gasteiger partial charge in [-0.3, -0.25) is 24.1 Å². The number of esters is 2. The fraction of sp³-hybridized carbons (Fsp3) is 0.477. The Morgan fingerprint density at radius 2 is 1.09 bits per heavy atom. The molecule has 6 atom stereocenters. The van der Waals surface area contributed by atoms with Gasteiger partial charge in [-0.15, -0.1) is 0 Å². The molecular formula is C44H60N4O10. The summed E-state index contributed by atoms with van der Waals surface area (Å²) in [6.07, 6.45) is -0.341. The lowest BCUT2D eigenvalue weighted by Gasteiger charge is -2.36. The number of phenolic OH excluding ortho intramolecular Hbond substituents is 2. The highest BCUT2D eigenvalue weighted by Crippen LogP contribution is 2.22. The van der Waals surface area contributed by atoms with Gasteiger partial charge >= 0.3 is 11.9 Å². The molecule has 0 aliphatic rings. The molecule has 0 aliphatic carbocycles. The minimum Gasteiger partial charge on any atom is -0.508 e. The van der Waals surface area contributed by atoms with E-state index in [1.807, 2.05) is 19.1 Å². The fourth-order valence-corrected chi connectivity index (χ4v) is 6.43. The number of benzene rings is 3. The SMILES string of the molecule is CC[C@H](C)[C@H](OC(=O)[C@@H](Cc1ccc(OC)cc1)N(C)C)C(=O)N[C@@H](C(=O)N(C)[C@H](Cc1ccc(O)cc1)C(=O)N(C)[C@@H](Cc1ccc(O)cc1)C(=O)OC)C(C)C. The van der Waals surface area contributed by atoms with Crippen molar-refractivity contribution in [2.75, 3.05) is 42.4 Å². The number of carbonyl (C=O) groups is 5. The van der Waals surface area contributed by atoms with Crippen LogP contribution in [0.2, 0.25) is 0 Å². The second kappa shape index (κ2) is 21.8. The monoisotopic (exact) mass is 804 g/mol. The minimum atomic E-state index is -1.23. The van der Waals surface area contributed by atoms with Gasteiger partial charge in [-0.1, -0.05) is 64.1 Å². The molecule has 3 aromatic rings. The maximum Gasteiger partial charge on any atom is 0.328 e. The maximum absolute atomic E-state index is 14.5. The van der Waals surface area contributed by atoms with Crippen LogP contribution in [0.4, 0.5) is 0 Å². The number of phenols is 2. The highest BCUT2D eigenvalue weighted by atomic mass is 16.6. The quantitative estimate of drug-likeness (QED) is 0.141. The summed E-state index contributed by atoms with van der Waals surface area (Å²) in [6, 6.07) is 15.6. The number of aromatic hydroxyl groups is 2. The number of hydrogen-bond donors (Lipinski definition) is 3. The summed E-state index contributed by atoms with van der Waals surface area (Å²) in [5.41, 5.74) is 2.15. The lowest BCUT2D eigenvalue weighted by Crippen LogP contribution is -2.59. The topological polar surface area (TPSA) is 175 Å². The predicted octanol–water partition coefficient (Wildman–Crippen LogP) is 3.99. The van der Waals surface area contributed by atoms with Gasteiger partial charge in [0.2, 0.25) is 11.8 Å². The molecule has 14 nitrogen and oxygen atoms in total. The van der Waals surface area contributed by atoms with Gasteiger partial charge in [0, 0.05) is 32.9 Å². The number of likely N-dealkylation sites (N-methyl/N-ethyl adjacent to an activating group) is 3. The lowest BCUT2D eigenvalue weighted by atomic mass is 9.96. The third kappa shape index (κ3) is 12.7. The molecule has 316 valence electrons. The molecule has 0 heterocycles. The van der Waals surface area contributed by atoms with Gasteiger partial charge in [-0.25, -0.2) is 4.79 Å². The highest BCUT2D eigenvalue weighted by molar-refractivity contribution is 5.95. The first kappa shape index (κ1) is 46.8. The van der Waals surface area contributed by atoms with Crippen LogP contribution in [-0.4, -0.2) is 127 Å². The van der Waals surface area contributed by atoms with Gasteiger partial charge in [-0.05, 0) is 85.9 Å². The van der Waals surface area contributed by atoms with Gasteiger partial charge in [0.1, 0.15) is 41.4 Å². The zero-order valence-corrected chi connectivity index (χ0v) is 35.3. The first-order chi connectivity index (χ1) is 27.4. The average Bonchev–Trinajstić information content (AvgIpc) is 3.21. The van der Waals surface area contributed by atoms with E-state index in [2.05, 4.69) is 5.32 Å². The molecule has 0 radical (unpaired) electrons. The van der Waals surface area contributed by atoms with Crippen LogP contribution < -0.4 is 10.1 Å². The normalized spacial score (nSPS) is 14.3. The summed E-state index contributed by atoms with van der Waals surface area (Å²) in [7, 11) is 9.21. The maximum atomic E-state index is 14.5. The molecule has 3 rings (SSSR count). The number of rotatable bonds is 20. The first-order valence-corrected chi connectivity index (χ1v) is 19.4. The van der Waals surface area contributed by atoms with Crippen molar-refractivity contribution >= 4 is 29.7 Å². The van der Waals surface area contributed by atoms with Gasteiger partial charge in [0.05, 0.1) is 14.2 Å². The summed E-state index contributed by atoms with van der Waals surface area (Å²) >= 11 is 0. The molecule has 3 N–H and O–H groups in total. The van der Waals surface area contributed by atoms with E-state index < -0.39 is 71.8 Å². The molecule has 0 unspecified atom stereocenters. The van der Waals surface area contributed by atoms with Crippen molar-refractivity contribution in [3.8, 4) is 17.2 Å². The summed E-state index contributed by atoms with van der Waals surface area (Å²) in [5, 5.41) is 22.6. The zero-order chi connectivity index (χ0) is 43.3. The number of ether oxygens (including phenoxy) is 3. The van der Waals surface area contributed by atoms with E-state index in [-0.39, 0.29) is 24.3 Å². The molecule has 3 amide bonds. The molecule has 0 saturated carbocycles. The molecule has 3 aromatic carbocycles. The van der Waals surface area contributed by atoms with E-state index in [1.165, 1.54) is 55.3 Å². The average molecular weight is 805 g/mol. The van der Waals surface area contributed by atoms with Crippen molar-refractivity contribution in [1.29, 1.82) is 0 Å². The number of hydrogen-bond acceptors (Lipinski definition) is 11. The van der Waals surface area contributed by atoms with Crippen LogP contribution in [0.15, 0.2) is 72.8 Å². The van der Waals surface area contributed by atoms with Gasteiger partial charge in [0.15, 0.2) is 6.10 Å². The Labute approximate surface area is 342 Å². The van der Waals surface area contributed by atoms with Gasteiger partial charge in [0.25, 0.3) is 5.91 Å². The third-order valence-electron chi connectivity index (χ3n) is 10.5. The molecule has 0 bridgehead atoms. The fourth-order valence-electron chi connectivity index (χ4n) is 6.43. The van der Waals surface area contributed by atoms with Crippen LogP contribution in [0.5, 0.6) is 17.2 Å². The summed E-state index contributed by atoms with van der Waals surface area (Å²) in [6.45, 7) is 7.18. The Kier molecular flexibility index (Phi) is 17.5.